The molecule has 0 N–H and O–H groups in total. The smallest absolute Gasteiger partial charge is 0.126 e. The summed E-state index contributed by atoms with van der Waals surface area (Å²) in [5.41, 5.74) is 2.56. The Labute approximate surface area is 120 Å². The average Bonchev–Trinajstić information content (AvgIpc) is 2.69. The molecule has 94 valence electrons. The van der Waals surface area contributed by atoms with E-state index in [0.717, 1.165) is 29.0 Å². The van der Waals surface area contributed by atoms with Gasteiger partial charge < -0.3 is 4.74 Å². The van der Waals surface area contributed by atoms with Crippen LogP contribution in [0.15, 0.2) is 30.5 Å². The van der Waals surface area contributed by atoms with Crippen molar-refractivity contribution in [3.63, 3.8) is 0 Å². The highest BCUT2D eigenvalue weighted by Gasteiger charge is 2.21. The minimum atomic E-state index is 0.505. The second kappa shape index (κ2) is 4.91. The molecule has 4 heteroatoms. The standard InChI is InChI=1S/C14H15IN2O/c1-10-8-17(16-14(10)15)9-11-6-7-18-13-5-3-2-4-12(11)13/h2-5,8,11H,6-7,9H2,1H3. The molecular formula is C14H15IN2O. The number of benzene rings is 1. The van der Waals surface area contributed by atoms with Crippen LogP contribution in [0.5, 0.6) is 5.75 Å². The molecule has 1 aliphatic rings. The zero-order valence-electron chi connectivity index (χ0n) is 10.3. The van der Waals surface area contributed by atoms with Crippen LogP contribution in [0.2, 0.25) is 0 Å². The molecule has 18 heavy (non-hydrogen) atoms. The zero-order chi connectivity index (χ0) is 12.5. The van der Waals surface area contributed by atoms with Crippen LogP contribution >= 0.6 is 22.6 Å². The average molecular weight is 354 g/mol. The van der Waals surface area contributed by atoms with Crippen LogP contribution in [0.25, 0.3) is 0 Å². The quantitative estimate of drug-likeness (QED) is 0.774. The third-order valence-corrected chi connectivity index (χ3v) is 4.44. The highest BCUT2D eigenvalue weighted by Crippen LogP contribution is 2.34. The number of nitrogens with zero attached hydrogens (tertiary/aromatic N) is 2. The number of rotatable bonds is 2. The summed E-state index contributed by atoms with van der Waals surface area (Å²) in [4.78, 5) is 0. The van der Waals surface area contributed by atoms with Crippen molar-refractivity contribution in [2.24, 2.45) is 0 Å². The summed E-state index contributed by atoms with van der Waals surface area (Å²) < 4.78 is 8.84. The maximum Gasteiger partial charge on any atom is 0.126 e. The number of hydrogen-bond acceptors (Lipinski definition) is 2. The molecule has 1 unspecified atom stereocenters. The van der Waals surface area contributed by atoms with Crippen molar-refractivity contribution in [3.05, 3.63) is 45.3 Å². The van der Waals surface area contributed by atoms with Crippen LogP contribution in [0, 0.1) is 10.6 Å². The molecule has 1 atom stereocenters. The second-order valence-electron chi connectivity index (χ2n) is 4.70. The topological polar surface area (TPSA) is 27.1 Å². The number of hydrogen-bond donors (Lipinski definition) is 0. The number of aromatic nitrogens is 2. The second-order valence-corrected chi connectivity index (χ2v) is 5.72. The fourth-order valence-electron chi connectivity index (χ4n) is 2.42. The summed E-state index contributed by atoms with van der Waals surface area (Å²) in [5, 5.41) is 4.54. The number of aryl methyl sites for hydroxylation is 1. The molecule has 0 spiro atoms. The molecule has 1 aromatic carbocycles. The van der Waals surface area contributed by atoms with E-state index >= 15 is 0 Å². The largest absolute Gasteiger partial charge is 0.493 e. The maximum absolute atomic E-state index is 5.69. The molecule has 0 radical (unpaired) electrons. The fourth-order valence-corrected chi connectivity index (χ4v) is 2.84. The van der Waals surface area contributed by atoms with E-state index in [4.69, 9.17) is 4.74 Å². The van der Waals surface area contributed by atoms with Crippen molar-refractivity contribution in [3.8, 4) is 5.75 Å². The highest BCUT2D eigenvalue weighted by molar-refractivity contribution is 14.1. The number of ether oxygens (including phenoxy) is 1. The Bertz CT molecular complexity index is 545. The van der Waals surface area contributed by atoms with Crippen molar-refractivity contribution < 1.29 is 4.74 Å². The lowest BCUT2D eigenvalue weighted by Gasteiger charge is -2.25. The van der Waals surface area contributed by atoms with E-state index in [9.17, 15) is 0 Å². The molecular weight excluding hydrogens is 339 g/mol. The molecule has 0 saturated heterocycles. The van der Waals surface area contributed by atoms with Crippen LogP contribution in [0.1, 0.15) is 23.5 Å². The van der Waals surface area contributed by atoms with Gasteiger partial charge >= 0.3 is 0 Å². The Kier molecular flexibility index (Phi) is 3.28. The van der Waals surface area contributed by atoms with Gasteiger partial charge in [-0.1, -0.05) is 18.2 Å². The van der Waals surface area contributed by atoms with Gasteiger partial charge in [0.25, 0.3) is 0 Å². The van der Waals surface area contributed by atoms with Crippen LogP contribution in [-0.2, 0) is 6.54 Å². The van der Waals surface area contributed by atoms with Crippen molar-refractivity contribution in [2.45, 2.75) is 25.8 Å². The number of halogens is 1. The highest BCUT2D eigenvalue weighted by atomic mass is 127. The molecule has 1 aliphatic heterocycles. The summed E-state index contributed by atoms with van der Waals surface area (Å²) in [7, 11) is 0. The molecule has 0 fully saturated rings. The lowest BCUT2D eigenvalue weighted by atomic mass is 9.93. The van der Waals surface area contributed by atoms with Gasteiger partial charge in [-0.15, -0.1) is 0 Å². The summed E-state index contributed by atoms with van der Waals surface area (Å²) in [6, 6.07) is 8.33. The predicted octanol–water partition coefficient (Wildman–Crippen LogP) is 3.36. The molecule has 2 heterocycles. The van der Waals surface area contributed by atoms with Crippen LogP contribution < -0.4 is 4.74 Å². The van der Waals surface area contributed by atoms with Crippen molar-refractivity contribution in [1.29, 1.82) is 0 Å². The van der Waals surface area contributed by atoms with Gasteiger partial charge in [0.05, 0.1) is 6.61 Å². The van der Waals surface area contributed by atoms with Gasteiger partial charge in [0, 0.05) is 24.2 Å². The first kappa shape index (κ1) is 12.0. The van der Waals surface area contributed by atoms with Gasteiger partial charge in [-0.25, -0.2) is 0 Å². The molecule has 3 nitrogen and oxygen atoms in total. The first-order valence-electron chi connectivity index (χ1n) is 6.15. The molecule has 0 aliphatic carbocycles. The Morgan fingerprint density at radius 2 is 2.28 bits per heavy atom. The molecule has 0 bridgehead atoms. The maximum atomic E-state index is 5.69. The zero-order valence-corrected chi connectivity index (χ0v) is 12.4. The number of fused-ring (bicyclic) bond motifs is 1. The van der Waals surface area contributed by atoms with Crippen LogP contribution in [0.4, 0.5) is 0 Å². The fraction of sp³-hybridized carbons (Fsp3) is 0.357. The summed E-state index contributed by atoms with van der Waals surface area (Å²) in [6.07, 6.45) is 3.19. The van der Waals surface area contributed by atoms with E-state index in [1.807, 2.05) is 6.07 Å². The van der Waals surface area contributed by atoms with Gasteiger partial charge in [-0.2, -0.15) is 5.10 Å². The van der Waals surface area contributed by atoms with Gasteiger partial charge in [-0.3, -0.25) is 4.68 Å². The summed E-state index contributed by atoms with van der Waals surface area (Å²) in [6.45, 7) is 3.84. The van der Waals surface area contributed by atoms with Gasteiger partial charge in [-0.05, 0) is 47.6 Å². The molecule has 3 rings (SSSR count). The Hall–Kier alpha value is -1.04. The van der Waals surface area contributed by atoms with Gasteiger partial charge in [0.2, 0.25) is 0 Å². The van der Waals surface area contributed by atoms with E-state index in [0.29, 0.717) is 5.92 Å². The summed E-state index contributed by atoms with van der Waals surface area (Å²) in [5.74, 6) is 1.54. The lowest BCUT2D eigenvalue weighted by molar-refractivity contribution is 0.256. The Morgan fingerprint density at radius 1 is 1.44 bits per heavy atom. The van der Waals surface area contributed by atoms with E-state index in [2.05, 4.69) is 63.7 Å². The van der Waals surface area contributed by atoms with Crippen molar-refractivity contribution >= 4 is 22.6 Å². The molecule has 1 aromatic heterocycles. The summed E-state index contributed by atoms with van der Waals surface area (Å²) >= 11 is 2.28. The Morgan fingerprint density at radius 3 is 3.06 bits per heavy atom. The molecule has 0 amide bonds. The molecule has 2 aromatic rings. The minimum Gasteiger partial charge on any atom is -0.493 e. The van der Waals surface area contributed by atoms with Gasteiger partial charge in [0.1, 0.15) is 9.45 Å². The predicted molar refractivity (Wildman–Crippen MR) is 79.0 cm³/mol. The van der Waals surface area contributed by atoms with Crippen molar-refractivity contribution in [1.82, 2.24) is 9.78 Å². The first-order valence-corrected chi connectivity index (χ1v) is 7.23. The van der Waals surface area contributed by atoms with Crippen LogP contribution in [0.3, 0.4) is 0 Å². The normalized spacial score (nSPS) is 18.2. The molecule has 0 saturated carbocycles. The van der Waals surface area contributed by atoms with E-state index in [-0.39, 0.29) is 0 Å². The third-order valence-electron chi connectivity index (χ3n) is 3.37. The van der Waals surface area contributed by atoms with E-state index in [1.54, 1.807) is 0 Å². The number of para-hydroxylation sites is 1. The van der Waals surface area contributed by atoms with Crippen LogP contribution in [-0.4, -0.2) is 16.4 Å². The lowest BCUT2D eigenvalue weighted by Crippen LogP contribution is -2.18. The van der Waals surface area contributed by atoms with E-state index in [1.165, 1.54) is 11.1 Å². The Balaban J connectivity index is 1.86. The van der Waals surface area contributed by atoms with E-state index < -0.39 is 0 Å². The van der Waals surface area contributed by atoms with Gasteiger partial charge in [0.15, 0.2) is 0 Å². The van der Waals surface area contributed by atoms with Crippen molar-refractivity contribution in [2.75, 3.05) is 6.61 Å². The minimum absolute atomic E-state index is 0.505. The third kappa shape index (κ3) is 2.25. The monoisotopic (exact) mass is 354 g/mol. The first-order chi connectivity index (χ1) is 8.74. The SMILES string of the molecule is Cc1cn(CC2CCOc3ccccc32)nc1I.